The molecule has 1 saturated heterocycles. The number of nitro groups is 1. The Balaban J connectivity index is 1.57. The highest BCUT2D eigenvalue weighted by Crippen LogP contribution is 2.35. The van der Waals surface area contributed by atoms with Gasteiger partial charge in [-0.2, -0.15) is 0 Å². The van der Waals surface area contributed by atoms with Crippen LogP contribution in [0.1, 0.15) is 62.2 Å². The molecule has 0 atom stereocenters. The van der Waals surface area contributed by atoms with Gasteiger partial charge < -0.3 is 19.1 Å². The minimum atomic E-state index is -0.602. The van der Waals surface area contributed by atoms with Crippen LogP contribution in [0.15, 0.2) is 42.5 Å². The van der Waals surface area contributed by atoms with Crippen molar-refractivity contribution in [2.75, 3.05) is 19.6 Å². The molecular weight excluding hydrogens is 484 g/mol. The van der Waals surface area contributed by atoms with Crippen molar-refractivity contribution in [3.8, 4) is 5.69 Å². The van der Waals surface area contributed by atoms with Gasteiger partial charge in [0.05, 0.1) is 17.0 Å². The number of likely N-dealkylation sites (tertiary alicyclic amines) is 1. The highest BCUT2D eigenvalue weighted by atomic mass is 16.6. The van der Waals surface area contributed by atoms with Crippen molar-refractivity contribution < 1.29 is 19.2 Å². The van der Waals surface area contributed by atoms with Crippen LogP contribution in [0.2, 0.25) is 0 Å². The van der Waals surface area contributed by atoms with Gasteiger partial charge in [0.15, 0.2) is 0 Å². The van der Waals surface area contributed by atoms with Crippen LogP contribution in [0.4, 0.5) is 10.5 Å². The Morgan fingerprint density at radius 3 is 2.32 bits per heavy atom. The third-order valence-corrected chi connectivity index (χ3v) is 7.44. The molecular formula is C29H34N4O5. The molecule has 2 aliphatic rings. The Bertz CT molecular complexity index is 1400. The second-order valence-electron chi connectivity index (χ2n) is 11.4. The van der Waals surface area contributed by atoms with Gasteiger partial charge in [-0.1, -0.05) is 6.92 Å². The molecule has 38 heavy (non-hydrogen) atoms. The standard InChI is InChI=1S/C29H34N4O5/c1-19-11-14-30(15-12-19)27(34)20-5-10-25-23(17-20)24-18-31(28(35)38-29(2,3)4)16-13-26(24)32(25)21-6-8-22(9-7-21)33(36)37/h5-10,17,19H,11-16,18H2,1-4H3. The summed E-state index contributed by atoms with van der Waals surface area (Å²) >= 11 is 0. The first-order chi connectivity index (χ1) is 18.0. The molecule has 0 unspecified atom stereocenters. The van der Waals surface area contributed by atoms with Crippen LogP contribution in [-0.4, -0.2) is 56.5 Å². The van der Waals surface area contributed by atoms with Crippen molar-refractivity contribution in [3.63, 3.8) is 0 Å². The normalized spacial score (nSPS) is 16.4. The Kier molecular flexibility index (Phi) is 6.63. The summed E-state index contributed by atoms with van der Waals surface area (Å²) in [6.07, 6.45) is 2.23. The highest BCUT2D eigenvalue weighted by molar-refractivity contribution is 6.00. The van der Waals surface area contributed by atoms with Crippen molar-refractivity contribution in [2.24, 2.45) is 5.92 Å². The van der Waals surface area contributed by atoms with E-state index in [4.69, 9.17) is 4.74 Å². The molecule has 0 bridgehead atoms. The highest BCUT2D eigenvalue weighted by Gasteiger charge is 2.31. The predicted octanol–water partition coefficient (Wildman–Crippen LogP) is 5.70. The lowest BCUT2D eigenvalue weighted by Crippen LogP contribution is -2.40. The van der Waals surface area contributed by atoms with Crippen molar-refractivity contribution in [1.82, 2.24) is 14.4 Å². The van der Waals surface area contributed by atoms with Gasteiger partial charge in [-0.3, -0.25) is 14.9 Å². The fourth-order valence-corrected chi connectivity index (χ4v) is 5.39. The van der Waals surface area contributed by atoms with Crippen molar-refractivity contribution >= 4 is 28.6 Å². The number of hydrogen-bond acceptors (Lipinski definition) is 5. The van der Waals surface area contributed by atoms with Crippen LogP contribution >= 0.6 is 0 Å². The molecule has 0 saturated carbocycles. The first kappa shape index (κ1) is 25.8. The first-order valence-corrected chi connectivity index (χ1v) is 13.2. The number of amides is 2. The fourth-order valence-electron chi connectivity index (χ4n) is 5.39. The van der Waals surface area contributed by atoms with Gasteiger partial charge in [0.1, 0.15) is 5.60 Å². The fraction of sp³-hybridized carbons (Fsp3) is 0.448. The zero-order valence-electron chi connectivity index (χ0n) is 22.4. The van der Waals surface area contributed by atoms with E-state index in [2.05, 4.69) is 11.5 Å². The number of rotatable bonds is 3. The number of nitro benzene ring substituents is 1. The minimum Gasteiger partial charge on any atom is -0.444 e. The average Bonchev–Trinajstić information content (AvgIpc) is 3.20. The molecule has 2 aliphatic heterocycles. The van der Waals surface area contributed by atoms with Crippen molar-refractivity contribution in [1.29, 1.82) is 0 Å². The van der Waals surface area contributed by atoms with Crippen LogP contribution in [0, 0.1) is 16.0 Å². The van der Waals surface area contributed by atoms with E-state index in [1.54, 1.807) is 17.0 Å². The van der Waals surface area contributed by atoms with Crippen LogP contribution < -0.4 is 0 Å². The van der Waals surface area contributed by atoms with Gasteiger partial charge in [0, 0.05) is 66.1 Å². The number of aromatic nitrogens is 1. The van der Waals surface area contributed by atoms with E-state index in [0.29, 0.717) is 31.0 Å². The van der Waals surface area contributed by atoms with E-state index < -0.39 is 10.5 Å². The van der Waals surface area contributed by atoms with Crippen LogP contribution in [0.5, 0.6) is 0 Å². The van der Waals surface area contributed by atoms with Gasteiger partial charge in [-0.25, -0.2) is 4.79 Å². The number of piperidine rings is 1. The predicted molar refractivity (Wildman–Crippen MR) is 145 cm³/mol. The summed E-state index contributed by atoms with van der Waals surface area (Å²) in [4.78, 5) is 40.7. The largest absolute Gasteiger partial charge is 0.444 e. The number of non-ortho nitro benzene ring substituents is 1. The maximum Gasteiger partial charge on any atom is 0.410 e. The SMILES string of the molecule is CC1CCN(C(=O)c2ccc3c(c2)c2c(n3-c3ccc([N+](=O)[O-])cc3)CCN(C(=O)OC(C)(C)C)C2)CC1. The lowest BCUT2D eigenvalue weighted by atomic mass is 9.98. The molecule has 0 radical (unpaired) electrons. The van der Waals surface area contributed by atoms with Gasteiger partial charge in [-0.05, 0) is 69.9 Å². The lowest BCUT2D eigenvalue weighted by Gasteiger charge is -2.31. The molecule has 0 N–H and O–H groups in total. The van der Waals surface area contributed by atoms with Crippen LogP contribution in [0.3, 0.4) is 0 Å². The molecule has 200 valence electrons. The quantitative estimate of drug-likeness (QED) is 0.327. The minimum absolute atomic E-state index is 0.0236. The van der Waals surface area contributed by atoms with Crippen molar-refractivity contribution in [3.05, 3.63) is 69.4 Å². The topological polar surface area (TPSA) is 97.9 Å². The molecule has 2 amide bonds. The Labute approximate surface area is 222 Å². The molecule has 9 heteroatoms. The van der Waals surface area contributed by atoms with Gasteiger partial charge >= 0.3 is 6.09 Å². The van der Waals surface area contributed by atoms with E-state index in [-0.39, 0.29) is 17.7 Å². The smallest absolute Gasteiger partial charge is 0.410 e. The molecule has 3 heterocycles. The van der Waals surface area contributed by atoms with Gasteiger partial charge in [0.25, 0.3) is 11.6 Å². The molecule has 2 aromatic carbocycles. The van der Waals surface area contributed by atoms with E-state index in [9.17, 15) is 19.7 Å². The lowest BCUT2D eigenvalue weighted by molar-refractivity contribution is -0.384. The number of fused-ring (bicyclic) bond motifs is 3. The summed E-state index contributed by atoms with van der Waals surface area (Å²) in [7, 11) is 0. The number of nitrogens with zero attached hydrogens (tertiary/aromatic N) is 4. The molecule has 1 aromatic heterocycles. The summed E-state index contributed by atoms with van der Waals surface area (Å²) in [5, 5.41) is 12.1. The maximum atomic E-state index is 13.4. The average molecular weight is 519 g/mol. The monoisotopic (exact) mass is 518 g/mol. The zero-order valence-corrected chi connectivity index (χ0v) is 22.4. The summed E-state index contributed by atoms with van der Waals surface area (Å²) in [6, 6.07) is 12.2. The number of benzene rings is 2. The Morgan fingerprint density at radius 1 is 1.00 bits per heavy atom. The van der Waals surface area contributed by atoms with Crippen LogP contribution in [-0.2, 0) is 17.7 Å². The third-order valence-electron chi connectivity index (χ3n) is 7.44. The van der Waals surface area contributed by atoms with E-state index in [0.717, 1.165) is 53.8 Å². The van der Waals surface area contributed by atoms with Crippen LogP contribution in [0.25, 0.3) is 16.6 Å². The Hall–Kier alpha value is -3.88. The molecule has 0 aliphatic carbocycles. The van der Waals surface area contributed by atoms with Crippen molar-refractivity contribution in [2.45, 2.75) is 59.1 Å². The molecule has 5 rings (SSSR count). The second-order valence-corrected chi connectivity index (χ2v) is 11.4. The van der Waals surface area contributed by atoms with Gasteiger partial charge in [-0.15, -0.1) is 0 Å². The number of ether oxygens (including phenoxy) is 1. The number of hydrogen-bond donors (Lipinski definition) is 0. The molecule has 1 fully saturated rings. The number of carbonyl (C=O) groups is 2. The third kappa shape index (κ3) is 4.97. The van der Waals surface area contributed by atoms with Gasteiger partial charge in [0.2, 0.25) is 0 Å². The molecule has 0 spiro atoms. The first-order valence-electron chi connectivity index (χ1n) is 13.2. The zero-order chi connectivity index (χ0) is 27.2. The summed E-state index contributed by atoms with van der Waals surface area (Å²) in [6.45, 7) is 10.1. The summed E-state index contributed by atoms with van der Waals surface area (Å²) < 4.78 is 7.73. The van der Waals surface area contributed by atoms with E-state index in [1.807, 2.05) is 43.9 Å². The molecule has 3 aromatic rings. The summed E-state index contributed by atoms with van der Waals surface area (Å²) in [5.41, 5.74) is 3.76. The number of carbonyl (C=O) groups excluding carboxylic acids is 2. The van der Waals surface area contributed by atoms with E-state index in [1.165, 1.54) is 12.1 Å². The molecule has 9 nitrogen and oxygen atoms in total. The second kappa shape index (κ2) is 9.78. The summed E-state index contributed by atoms with van der Waals surface area (Å²) in [5.74, 6) is 0.651. The van der Waals surface area contributed by atoms with E-state index >= 15 is 0 Å². The maximum absolute atomic E-state index is 13.4. The Morgan fingerprint density at radius 2 is 1.68 bits per heavy atom.